The standard InChI is InChI=1S/C6H5BrOS/c1-4(7)5-2-3-6(8)9-5/h2-3H,1H3/b5-4+. The van der Waals surface area contributed by atoms with E-state index in [0.29, 0.717) is 0 Å². The fourth-order valence-corrected chi connectivity index (χ4v) is 1.51. The predicted molar refractivity (Wildman–Crippen MR) is 43.4 cm³/mol. The summed E-state index contributed by atoms with van der Waals surface area (Å²) in [6.07, 6.45) is 3.39. The van der Waals surface area contributed by atoms with E-state index < -0.39 is 0 Å². The van der Waals surface area contributed by atoms with Gasteiger partial charge in [0.2, 0.25) is 5.12 Å². The third kappa shape index (κ3) is 1.69. The van der Waals surface area contributed by atoms with Crippen molar-refractivity contribution in [2.75, 3.05) is 0 Å². The van der Waals surface area contributed by atoms with Crippen LogP contribution in [0.1, 0.15) is 6.92 Å². The van der Waals surface area contributed by atoms with Crippen molar-refractivity contribution >= 4 is 32.8 Å². The highest BCUT2D eigenvalue weighted by Crippen LogP contribution is 2.30. The summed E-state index contributed by atoms with van der Waals surface area (Å²) < 4.78 is 1.02. The van der Waals surface area contributed by atoms with Crippen molar-refractivity contribution in [3.8, 4) is 0 Å². The van der Waals surface area contributed by atoms with Crippen molar-refractivity contribution in [3.05, 3.63) is 21.5 Å². The Bertz CT molecular complexity index is 201. The lowest BCUT2D eigenvalue weighted by Gasteiger charge is -1.90. The van der Waals surface area contributed by atoms with Gasteiger partial charge in [-0.25, -0.2) is 0 Å². The van der Waals surface area contributed by atoms with Crippen molar-refractivity contribution in [2.45, 2.75) is 6.92 Å². The SMILES string of the molecule is C/C(Br)=C1/C=CC(=O)S1. The van der Waals surface area contributed by atoms with Crippen LogP contribution in [0.15, 0.2) is 21.5 Å². The Balaban J connectivity index is 2.83. The van der Waals surface area contributed by atoms with Gasteiger partial charge in [-0.3, -0.25) is 4.79 Å². The highest BCUT2D eigenvalue weighted by atomic mass is 79.9. The Kier molecular flexibility index (Phi) is 2.13. The first kappa shape index (κ1) is 7.09. The molecule has 0 unspecified atom stereocenters. The van der Waals surface area contributed by atoms with Gasteiger partial charge in [-0.1, -0.05) is 15.9 Å². The number of halogens is 1. The second kappa shape index (κ2) is 2.71. The van der Waals surface area contributed by atoms with Gasteiger partial charge in [0.1, 0.15) is 0 Å². The van der Waals surface area contributed by atoms with Crippen LogP contribution in [0.3, 0.4) is 0 Å². The molecular formula is C6H5BrOS. The fraction of sp³-hybridized carbons (Fsp3) is 0.167. The predicted octanol–water partition coefficient (Wildman–Crippen LogP) is 2.44. The monoisotopic (exact) mass is 204 g/mol. The first-order valence-electron chi connectivity index (χ1n) is 2.46. The number of hydrogen-bond donors (Lipinski definition) is 0. The lowest BCUT2D eigenvalue weighted by molar-refractivity contribution is -0.106. The quantitative estimate of drug-likeness (QED) is 0.604. The van der Waals surface area contributed by atoms with E-state index in [9.17, 15) is 4.79 Å². The number of allylic oxidation sites excluding steroid dienone is 2. The van der Waals surface area contributed by atoms with E-state index in [2.05, 4.69) is 15.9 Å². The minimum atomic E-state index is 0.115. The summed E-state index contributed by atoms with van der Waals surface area (Å²) in [7, 11) is 0. The molecule has 0 atom stereocenters. The normalized spacial score (nSPS) is 23.1. The molecule has 48 valence electrons. The number of rotatable bonds is 0. The molecule has 0 bridgehead atoms. The first-order valence-corrected chi connectivity index (χ1v) is 4.07. The van der Waals surface area contributed by atoms with Crippen molar-refractivity contribution < 1.29 is 4.79 Å². The minimum absolute atomic E-state index is 0.115. The molecule has 0 N–H and O–H groups in total. The van der Waals surface area contributed by atoms with Crippen LogP contribution in [-0.4, -0.2) is 5.12 Å². The Hall–Kier alpha value is -0.0200. The Labute approximate surface area is 66.3 Å². The zero-order valence-corrected chi connectivity index (χ0v) is 7.25. The maximum Gasteiger partial charge on any atom is 0.216 e. The molecule has 0 aliphatic carbocycles. The van der Waals surface area contributed by atoms with Crippen LogP contribution in [0.4, 0.5) is 0 Å². The summed E-state index contributed by atoms with van der Waals surface area (Å²) in [5, 5.41) is 0.115. The molecule has 1 rings (SSSR count). The molecule has 0 radical (unpaired) electrons. The number of hydrogen-bond acceptors (Lipinski definition) is 2. The van der Waals surface area contributed by atoms with E-state index in [1.807, 2.05) is 13.0 Å². The average Bonchev–Trinajstić information content (AvgIpc) is 2.14. The van der Waals surface area contributed by atoms with Crippen LogP contribution >= 0.6 is 27.7 Å². The third-order valence-electron chi connectivity index (χ3n) is 0.921. The fourth-order valence-electron chi connectivity index (χ4n) is 0.505. The van der Waals surface area contributed by atoms with Gasteiger partial charge in [-0.2, -0.15) is 0 Å². The van der Waals surface area contributed by atoms with E-state index in [4.69, 9.17) is 0 Å². The van der Waals surface area contributed by atoms with Crippen LogP contribution in [-0.2, 0) is 4.79 Å². The largest absolute Gasteiger partial charge is 0.282 e. The van der Waals surface area contributed by atoms with Crippen molar-refractivity contribution in [3.63, 3.8) is 0 Å². The lowest BCUT2D eigenvalue weighted by Crippen LogP contribution is -1.73. The Morgan fingerprint density at radius 1 is 1.67 bits per heavy atom. The number of thioether (sulfide) groups is 1. The van der Waals surface area contributed by atoms with E-state index in [1.54, 1.807) is 6.08 Å². The van der Waals surface area contributed by atoms with Crippen molar-refractivity contribution in [1.29, 1.82) is 0 Å². The average molecular weight is 205 g/mol. The van der Waals surface area contributed by atoms with Gasteiger partial charge in [0.05, 0.1) is 0 Å². The molecular weight excluding hydrogens is 200 g/mol. The van der Waals surface area contributed by atoms with Crippen LogP contribution < -0.4 is 0 Å². The second-order valence-corrected chi connectivity index (χ2v) is 3.89. The zero-order chi connectivity index (χ0) is 6.85. The molecule has 0 aromatic carbocycles. The van der Waals surface area contributed by atoms with Gasteiger partial charge in [0, 0.05) is 9.39 Å². The molecule has 1 heterocycles. The highest BCUT2D eigenvalue weighted by molar-refractivity contribution is 9.11. The smallest absolute Gasteiger partial charge is 0.216 e. The van der Waals surface area contributed by atoms with E-state index in [0.717, 1.165) is 9.39 Å². The zero-order valence-electron chi connectivity index (χ0n) is 4.85. The topological polar surface area (TPSA) is 17.1 Å². The molecule has 9 heavy (non-hydrogen) atoms. The van der Waals surface area contributed by atoms with Gasteiger partial charge in [-0.15, -0.1) is 0 Å². The van der Waals surface area contributed by atoms with Crippen LogP contribution in [0.2, 0.25) is 0 Å². The van der Waals surface area contributed by atoms with E-state index in [1.165, 1.54) is 11.8 Å². The van der Waals surface area contributed by atoms with Gasteiger partial charge >= 0.3 is 0 Å². The summed E-state index contributed by atoms with van der Waals surface area (Å²) in [6.45, 7) is 1.92. The van der Waals surface area contributed by atoms with E-state index in [-0.39, 0.29) is 5.12 Å². The molecule has 1 aliphatic rings. The molecule has 0 aromatic heterocycles. The van der Waals surface area contributed by atoms with Gasteiger partial charge in [0.15, 0.2) is 0 Å². The van der Waals surface area contributed by atoms with Crippen LogP contribution in [0, 0.1) is 0 Å². The summed E-state index contributed by atoms with van der Waals surface area (Å²) in [6, 6.07) is 0. The molecule has 0 fully saturated rings. The first-order chi connectivity index (χ1) is 4.20. The number of carbonyl (C=O) groups is 1. The molecule has 0 spiro atoms. The van der Waals surface area contributed by atoms with E-state index >= 15 is 0 Å². The molecule has 3 heteroatoms. The number of carbonyl (C=O) groups excluding carboxylic acids is 1. The molecule has 1 nitrogen and oxygen atoms in total. The Morgan fingerprint density at radius 3 is 2.56 bits per heavy atom. The van der Waals surface area contributed by atoms with Crippen molar-refractivity contribution in [1.82, 2.24) is 0 Å². The van der Waals surface area contributed by atoms with Crippen molar-refractivity contribution in [2.24, 2.45) is 0 Å². The highest BCUT2D eigenvalue weighted by Gasteiger charge is 2.09. The summed E-state index contributed by atoms with van der Waals surface area (Å²) >= 11 is 4.54. The Morgan fingerprint density at radius 2 is 2.33 bits per heavy atom. The maximum absolute atomic E-state index is 10.6. The molecule has 1 aliphatic heterocycles. The maximum atomic E-state index is 10.6. The molecule has 0 saturated heterocycles. The molecule has 0 saturated carbocycles. The second-order valence-electron chi connectivity index (χ2n) is 1.65. The summed E-state index contributed by atoms with van der Waals surface area (Å²) in [4.78, 5) is 11.6. The lowest BCUT2D eigenvalue weighted by atomic mass is 10.4. The van der Waals surface area contributed by atoms with Crippen LogP contribution in [0.25, 0.3) is 0 Å². The third-order valence-corrected chi connectivity index (χ3v) is 2.61. The summed E-state index contributed by atoms with van der Waals surface area (Å²) in [5.74, 6) is 0. The van der Waals surface area contributed by atoms with Gasteiger partial charge in [-0.05, 0) is 30.8 Å². The van der Waals surface area contributed by atoms with Gasteiger partial charge in [0.25, 0.3) is 0 Å². The van der Waals surface area contributed by atoms with Crippen LogP contribution in [0.5, 0.6) is 0 Å². The molecule has 0 amide bonds. The summed E-state index contributed by atoms with van der Waals surface area (Å²) in [5.41, 5.74) is 0. The van der Waals surface area contributed by atoms with Gasteiger partial charge < -0.3 is 0 Å². The molecule has 0 aromatic rings. The minimum Gasteiger partial charge on any atom is -0.282 e.